The topological polar surface area (TPSA) is 86.8 Å². The molecule has 3 fully saturated rings. The van der Waals surface area contributed by atoms with Crippen LogP contribution < -0.4 is 10.1 Å². The molecular formula is C28H41N3O4. The number of piperidine rings is 1. The van der Waals surface area contributed by atoms with Gasteiger partial charge in [0.05, 0.1) is 18.8 Å². The van der Waals surface area contributed by atoms with E-state index in [2.05, 4.69) is 22.1 Å². The first-order valence-corrected chi connectivity index (χ1v) is 13.6. The van der Waals surface area contributed by atoms with Gasteiger partial charge in [0.2, 0.25) is 0 Å². The highest BCUT2D eigenvalue weighted by atomic mass is 16.5. The van der Waals surface area contributed by atoms with E-state index in [1.165, 1.54) is 12.8 Å². The lowest BCUT2D eigenvalue weighted by molar-refractivity contribution is -0.0201. The van der Waals surface area contributed by atoms with E-state index in [9.17, 15) is 9.90 Å². The number of carbonyl (C=O) groups excluding carboxylic acids is 1. The van der Waals surface area contributed by atoms with Crippen molar-refractivity contribution in [2.45, 2.75) is 69.9 Å². The Kier molecular flexibility index (Phi) is 7.65. The Balaban J connectivity index is 1.12. The molecule has 35 heavy (non-hydrogen) atoms. The van der Waals surface area contributed by atoms with Gasteiger partial charge in [0.25, 0.3) is 5.91 Å². The number of benzene rings is 1. The normalized spacial score (nSPS) is 29.9. The number of aromatic amines is 1. The van der Waals surface area contributed by atoms with Crippen LogP contribution in [0.1, 0.15) is 68.8 Å². The third-order valence-electron chi connectivity index (χ3n) is 8.25. The van der Waals surface area contributed by atoms with Crippen LogP contribution in [-0.2, 0) is 4.74 Å². The lowest BCUT2D eigenvalue weighted by atomic mass is 9.80. The van der Waals surface area contributed by atoms with Crippen LogP contribution in [0.25, 0.3) is 10.9 Å². The molecule has 5 rings (SSSR count). The van der Waals surface area contributed by atoms with Crippen molar-refractivity contribution in [2.75, 3.05) is 39.5 Å². The summed E-state index contributed by atoms with van der Waals surface area (Å²) in [5, 5.41) is 15.2. The van der Waals surface area contributed by atoms with Crippen LogP contribution in [0.3, 0.4) is 0 Å². The number of hydrogen-bond donors (Lipinski definition) is 3. The van der Waals surface area contributed by atoms with Gasteiger partial charge in [0.1, 0.15) is 11.4 Å². The zero-order chi connectivity index (χ0) is 24.3. The second-order valence-corrected chi connectivity index (χ2v) is 11.2. The highest BCUT2D eigenvalue weighted by molar-refractivity contribution is 5.99. The van der Waals surface area contributed by atoms with Crippen molar-refractivity contribution in [3.05, 3.63) is 30.0 Å². The number of amides is 1. The van der Waals surface area contributed by atoms with Gasteiger partial charge in [-0.3, -0.25) is 4.79 Å². The van der Waals surface area contributed by atoms with Crippen LogP contribution in [-0.4, -0.2) is 72.0 Å². The van der Waals surface area contributed by atoms with Crippen LogP contribution in [0, 0.1) is 11.8 Å². The zero-order valence-electron chi connectivity index (χ0n) is 21.1. The van der Waals surface area contributed by atoms with Gasteiger partial charge in [0.15, 0.2) is 0 Å². The van der Waals surface area contributed by atoms with Crippen molar-refractivity contribution < 1.29 is 19.4 Å². The third-order valence-corrected chi connectivity index (χ3v) is 8.25. The van der Waals surface area contributed by atoms with E-state index in [4.69, 9.17) is 9.47 Å². The molecule has 1 aromatic carbocycles. The summed E-state index contributed by atoms with van der Waals surface area (Å²) in [5.41, 5.74) is 0.861. The number of nitrogens with zero attached hydrogens (tertiary/aromatic N) is 1. The minimum atomic E-state index is -0.598. The fourth-order valence-corrected chi connectivity index (χ4v) is 5.97. The minimum Gasteiger partial charge on any atom is -0.493 e. The maximum Gasteiger partial charge on any atom is 0.267 e. The van der Waals surface area contributed by atoms with Gasteiger partial charge in [0, 0.05) is 42.6 Å². The number of fused-ring (bicyclic) bond motifs is 1. The summed E-state index contributed by atoms with van der Waals surface area (Å²) < 4.78 is 11.5. The molecule has 7 nitrogen and oxygen atoms in total. The summed E-state index contributed by atoms with van der Waals surface area (Å²) >= 11 is 0. The third kappa shape index (κ3) is 6.19. The first-order valence-electron chi connectivity index (χ1n) is 13.6. The molecular weight excluding hydrogens is 442 g/mol. The number of hydrogen-bond acceptors (Lipinski definition) is 5. The van der Waals surface area contributed by atoms with Crippen LogP contribution in [0.15, 0.2) is 24.3 Å². The number of aromatic nitrogens is 1. The number of aliphatic hydroxyl groups is 1. The van der Waals surface area contributed by atoms with E-state index in [0.29, 0.717) is 18.2 Å². The first-order chi connectivity index (χ1) is 17.0. The van der Waals surface area contributed by atoms with Gasteiger partial charge < -0.3 is 29.8 Å². The lowest BCUT2D eigenvalue weighted by Gasteiger charge is -2.39. The number of nitrogens with one attached hydrogen (secondary N) is 2. The second-order valence-electron chi connectivity index (χ2n) is 11.2. The first kappa shape index (κ1) is 24.6. The van der Waals surface area contributed by atoms with Crippen molar-refractivity contribution >= 4 is 16.8 Å². The van der Waals surface area contributed by atoms with Crippen molar-refractivity contribution in [2.24, 2.45) is 11.8 Å². The van der Waals surface area contributed by atoms with Gasteiger partial charge in [-0.2, -0.15) is 0 Å². The van der Waals surface area contributed by atoms with E-state index in [1.807, 2.05) is 24.3 Å². The SMILES string of the molecule is C[C@@H]1CCCN(CCC2(O)CCC(NC(=O)c3cc4c(OCC5CCOC5)cccc4[nH]3)CC2)C1. The fourth-order valence-electron chi connectivity index (χ4n) is 5.97. The van der Waals surface area contributed by atoms with Crippen molar-refractivity contribution in [3.8, 4) is 5.75 Å². The summed E-state index contributed by atoms with van der Waals surface area (Å²) in [6.07, 6.45) is 7.58. The molecule has 2 saturated heterocycles. The number of H-pyrrole nitrogens is 1. The van der Waals surface area contributed by atoms with E-state index in [-0.39, 0.29) is 11.9 Å². The molecule has 192 valence electrons. The smallest absolute Gasteiger partial charge is 0.267 e. The molecule has 3 N–H and O–H groups in total. The summed E-state index contributed by atoms with van der Waals surface area (Å²) in [6.45, 7) is 7.81. The molecule has 1 saturated carbocycles. The predicted molar refractivity (Wildman–Crippen MR) is 137 cm³/mol. The predicted octanol–water partition coefficient (Wildman–Crippen LogP) is 4.11. The van der Waals surface area contributed by atoms with E-state index in [0.717, 1.165) is 93.9 Å². The molecule has 7 heteroatoms. The molecule has 2 aliphatic heterocycles. The number of ether oxygens (including phenoxy) is 2. The molecule has 2 aromatic rings. The summed E-state index contributed by atoms with van der Waals surface area (Å²) in [5.74, 6) is 1.91. The number of carbonyl (C=O) groups is 1. The average Bonchev–Trinajstić information content (AvgIpc) is 3.53. The second kappa shape index (κ2) is 10.9. The Hall–Kier alpha value is -2.09. The Morgan fingerprint density at radius 3 is 2.91 bits per heavy atom. The van der Waals surface area contributed by atoms with E-state index < -0.39 is 5.60 Å². The molecule has 0 radical (unpaired) electrons. The highest BCUT2D eigenvalue weighted by Crippen LogP contribution is 2.33. The average molecular weight is 484 g/mol. The van der Waals surface area contributed by atoms with Gasteiger partial charge in [-0.05, 0) is 82.0 Å². The summed E-state index contributed by atoms with van der Waals surface area (Å²) in [4.78, 5) is 18.8. The molecule has 1 aliphatic carbocycles. The molecule has 2 atom stereocenters. The van der Waals surface area contributed by atoms with Gasteiger partial charge in [-0.1, -0.05) is 13.0 Å². The molecule has 1 aromatic heterocycles. The highest BCUT2D eigenvalue weighted by Gasteiger charge is 2.34. The standard InChI is InChI=1S/C28H41N3O4/c1-20-4-3-13-31(17-20)14-12-28(33)10-7-22(8-11-28)29-27(32)25-16-23-24(30-25)5-2-6-26(23)35-19-21-9-15-34-18-21/h2,5-6,16,20-22,30,33H,3-4,7-15,17-19H2,1H3,(H,29,32)/t20-,21?,22?,28?/m1/s1. The quantitative estimate of drug-likeness (QED) is 0.526. The molecule has 0 bridgehead atoms. The largest absolute Gasteiger partial charge is 0.493 e. The van der Waals surface area contributed by atoms with Crippen molar-refractivity contribution in [1.82, 2.24) is 15.2 Å². The Labute approximate surface area is 208 Å². The van der Waals surface area contributed by atoms with Crippen LogP contribution in [0.2, 0.25) is 0 Å². The Morgan fingerprint density at radius 2 is 2.14 bits per heavy atom. The summed E-state index contributed by atoms with van der Waals surface area (Å²) in [7, 11) is 0. The summed E-state index contributed by atoms with van der Waals surface area (Å²) in [6, 6.07) is 7.88. The fraction of sp³-hybridized carbons (Fsp3) is 0.679. The zero-order valence-corrected chi connectivity index (χ0v) is 21.1. The lowest BCUT2D eigenvalue weighted by Crippen LogP contribution is -2.45. The van der Waals surface area contributed by atoms with Gasteiger partial charge in [-0.25, -0.2) is 0 Å². The monoisotopic (exact) mass is 483 g/mol. The van der Waals surface area contributed by atoms with E-state index >= 15 is 0 Å². The van der Waals surface area contributed by atoms with Crippen molar-refractivity contribution in [1.29, 1.82) is 0 Å². The Morgan fingerprint density at radius 1 is 1.29 bits per heavy atom. The van der Waals surface area contributed by atoms with Crippen LogP contribution >= 0.6 is 0 Å². The Bertz CT molecular complexity index is 991. The minimum absolute atomic E-state index is 0.0888. The molecule has 3 heterocycles. The van der Waals surface area contributed by atoms with Crippen LogP contribution in [0.5, 0.6) is 5.75 Å². The maximum absolute atomic E-state index is 13.0. The molecule has 3 aliphatic rings. The molecule has 0 spiro atoms. The molecule has 1 unspecified atom stereocenters. The number of likely N-dealkylation sites (tertiary alicyclic amines) is 1. The number of rotatable bonds is 8. The van der Waals surface area contributed by atoms with Gasteiger partial charge >= 0.3 is 0 Å². The van der Waals surface area contributed by atoms with Gasteiger partial charge in [-0.15, -0.1) is 0 Å². The van der Waals surface area contributed by atoms with E-state index in [1.54, 1.807) is 0 Å². The molecule has 1 amide bonds. The van der Waals surface area contributed by atoms with Crippen molar-refractivity contribution in [3.63, 3.8) is 0 Å². The van der Waals surface area contributed by atoms with Crippen LogP contribution in [0.4, 0.5) is 0 Å². The maximum atomic E-state index is 13.0.